The molecule has 1 aliphatic heterocycles. The van der Waals surface area contributed by atoms with Crippen molar-refractivity contribution in [3.63, 3.8) is 0 Å². The van der Waals surface area contributed by atoms with Gasteiger partial charge in [0.2, 0.25) is 0 Å². The summed E-state index contributed by atoms with van der Waals surface area (Å²) >= 11 is 0. The van der Waals surface area contributed by atoms with Crippen LogP contribution in [0, 0.1) is 0 Å². The van der Waals surface area contributed by atoms with Gasteiger partial charge >= 0.3 is 0 Å². The average molecular weight is 219 g/mol. The van der Waals surface area contributed by atoms with E-state index in [9.17, 15) is 0 Å². The van der Waals surface area contributed by atoms with Gasteiger partial charge in [0, 0.05) is 0 Å². The fraction of sp³-hybridized carbons (Fsp3) is 0.571. The number of nitrogens with zero attached hydrogens (tertiary/aromatic N) is 1. The van der Waals surface area contributed by atoms with Crippen LogP contribution in [0.4, 0.5) is 0 Å². The van der Waals surface area contributed by atoms with Crippen molar-refractivity contribution in [3.05, 3.63) is 29.8 Å². The second kappa shape index (κ2) is 5.90. The molecule has 0 saturated heterocycles. The Balaban J connectivity index is 2.05. The maximum Gasteiger partial charge on any atom is 0.122 e. The number of ether oxygens (including phenoxy) is 1. The van der Waals surface area contributed by atoms with E-state index in [-0.39, 0.29) is 0 Å². The lowest BCUT2D eigenvalue weighted by Gasteiger charge is -2.15. The highest BCUT2D eigenvalue weighted by atomic mass is 16.5. The quantitative estimate of drug-likeness (QED) is 0.665. The van der Waals surface area contributed by atoms with Gasteiger partial charge in [-0.25, -0.2) is 0 Å². The first-order chi connectivity index (χ1) is 7.86. The highest BCUT2D eigenvalue weighted by Gasteiger charge is 2.06. The van der Waals surface area contributed by atoms with E-state index in [0.717, 1.165) is 25.2 Å². The van der Waals surface area contributed by atoms with Gasteiger partial charge in [-0.05, 0) is 57.5 Å². The number of hydrogen-bond acceptors (Lipinski definition) is 2. The largest absolute Gasteiger partial charge is 0.493 e. The third kappa shape index (κ3) is 3.24. The lowest BCUT2D eigenvalue weighted by Crippen LogP contribution is -2.21. The maximum atomic E-state index is 5.84. The molecule has 0 amide bonds. The average Bonchev–Trinajstić information content (AvgIpc) is 2.33. The van der Waals surface area contributed by atoms with Crippen LogP contribution in [0.3, 0.4) is 0 Å². The number of fused-ring (bicyclic) bond motifs is 1. The van der Waals surface area contributed by atoms with Crippen molar-refractivity contribution in [2.75, 3.05) is 26.7 Å². The first-order valence-corrected chi connectivity index (χ1v) is 6.25. The molecule has 16 heavy (non-hydrogen) atoms. The number of para-hydroxylation sites is 1. The summed E-state index contributed by atoms with van der Waals surface area (Å²) in [6, 6.07) is 8.44. The Morgan fingerprint density at radius 2 is 1.88 bits per heavy atom. The van der Waals surface area contributed by atoms with Crippen LogP contribution in [-0.4, -0.2) is 31.6 Å². The van der Waals surface area contributed by atoms with Crippen LogP contribution < -0.4 is 4.74 Å². The van der Waals surface area contributed by atoms with E-state index in [2.05, 4.69) is 36.2 Å². The molecule has 0 radical (unpaired) electrons. The molecule has 1 heterocycles. The molecule has 0 fully saturated rings. The number of benzene rings is 1. The zero-order chi connectivity index (χ0) is 11.2. The van der Waals surface area contributed by atoms with Crippen molar-refractivity contribution in [1.29, 1.82) is 0 Å². The van der Waals surface area contributed by atoms with Crippen LogP contribution in [0.15, 0.2) is 24.3 Å². The van der Waals surface area contributed by atoms with E-state index in [4.69, 9.17) is 4.74 Å². The van der Waals surface area contributed by atoms with Crippen molar-refractivity contribution in [2.45, 2.75) is 25.7 Å². The molecule has 1 aromatic carbocycles. The minimum atomic E-state index is 0.852. The fourth-order valence-corrected chi connectivity index (χ4v) is 2.17. The third-order valence-electron chi connectivity index (χ3n) is 3.15. The highest BCUT2D eigenvalue weighted by Crippen LogP contribution is 2.20. The minimum Gasteiger partial charge on any atom is -0.493 e. The second-order valence-corrected chi connectivity index (χ2v) is 4.57. The van der Waals surface area contributed by atoms with Gasteiger partial charge in [-0.15, -0.1) is 0 Å². The van der Waals surface area contributed by atoms with Gasteiger partial charge in [-0.3, -0.25) is 0 Å². The van der Waals surface area contributed by atoms with E-state index in [1.165, 1.54) is 31.5 Å². The molecule has 1 aliphatic rings. The molecule has 0 unspecified atom stereocenters. The monoisotopic (exact) mass is 219 g/mol. The first-order valence-electron chi connectivity index (χ1n) is 6.25. The molecule has 2 rings (SSSR count). The Labute approximate surface area is 98.2 Å². The van der Waals surface area contributed by atoms with E-state index >= 15 is 0 Å². The number of hydrogen-bond donors (Lipinski definition) is 0. The number of rotatable bonds is 0. The van der Waals surface area contributed by atoms with Gasteiger partial charge < -0.3 is 9.64 Å². The van der Waals surface area contributed by atoms with Gasteiger partial charge in [-0.2, -0.15) is 0 Å². The molecule has 0 bridgehead atoms. The summed E-state index contributed by atoms with van der Waals surface area (Å²) < 4.78 is 5.84. The van der Waals surface area contributed by atoms with E-state index in [1.54, 1.807) is 0 Å². The fourth-order valence-electron chi connectivity index (χ4n) is 2.17. The van der Waals surface area contributed by atoms with Gasteiger partial charge in [0.15, 0.2) is 0 Å². The molecule has 2 nitrogen and oxygen atoms in total. The van der Waals surface area contributed by atoms with Crippen molar-refractivity contribution in [2.24, 2.45) is 0 Å². The lowest BCUT2D eigenvalue weighted by atomic mass is 10.1. The van der Waals surface area contributed by atoms with Crippen LogP contribution >= 0.6 is 0 Å². The summed E-state index contributed by atoms with van der Waals surface area (Å²) in [5.74, 6) is 1.09. The van der Waals surface area contributed by atoms with Gasteiger partial charge in [0.25, 0.3) is 0 Å². The Hall–Kier alpha value is -1.02. The Morgan fingerprint density at radius 3 is 2.81 bits per heavy atom. The predicted molar refractivity (Wildman–Crippen MR) is 67.0 cm³/mol. The van der Waals surface area contributed by atoms with Crippen LogP contribution in [0.5, 0.6) is 5.75 Å². The molecule has 0 N–H and O–H groups in total. The summed E-state index contributed by atoms with van der Waals surface area (Å²) in [4.78, 5) is 2.42. The lowest BCUT2D eigenvalue weighted by molar-refractivity contribution is 0.283. The van der Waals surface area contributed by atoms with Gasteiger partial charge in [0.05, 0.1) is 6.61 Å². The summed E-state index contributed by atoms with van der Waals surface area (Å²) in [7, 11) is 2.21. The Bertz CT molecular complexity index is 324. The summed E-state index contributed by atoms with van der Waals surface area (Å²) in [6.07, 6.45) is 4.73. The Kier molecular flexibility index (Phi) is 4.23. The summed E-state index contributed by atoms with van der Waals surface area (Å²) in [5, 5.41) is 0. The molecule has 0 aromatic heterocycles. The molecule has 0 aliphatic carbocycles. The molecule has 0 saturated carbocycles. The van der Waals surface area contributed by atoms with Crippen LogP contribution in [-0.2, 0) is 6.42 Å². The zero-order valence-corrected chi connectivity index (χ0v) is 10.1. The first kappa shape index (κ1) is 11.5. The van der Waals surface area contributed by atoms with Gasteiger partial charge in [0.1, 0.15) is 5.75 Å². The molecule has 1 aromatic rings. The van der Waals surface area contributed by atoms with E-state index in [0.29, 0.717) is 0 Å². The molecule has 2 heteroatoms. The minimum absolute atomic E-state index is 0.852. The van der Waals surface area contributed by atoms with Gasteiger partial charge in [-0.1, -0.05) is 18.2 Å². The van der Waals surface area contributed by atoms with E-state index < -0.39 is 0 Å². The number of aryl methyl sites for hydroxylation is 1. The zero-order valence-electron chi connectivity index (χ0n) is 10.1. The molecular formula is C14H21NO. The molecule has 88 valence electrons. The summed E-state index contributed by atoms with van der Waals surface area (Å²) in [5.41, 5.74) is 1.36. The standard InChI is InChI=1S/C14H21NO/c1-15-10-4-5-12-16-14-9-3-2-7-13(14)8-6-11-15/h2-3,7,9H,4-6,8,10-12H2,1H3. The normalized spacial score (nSPS) is 19.3. The summed E-state index contributed by atoms with van der Waals surface area (Å²) in [6.45, 7) is 3.24. The molecule has 0 atom stereocenters. The van der Waals surface area contributed by atoms with Crippen molar-refractivity contribution < 1.29 is 4.74 Å². The Morgan fingerprint density at radius 1 is 1.06 bits per heavy atom. The van der Waals surface area contributed by atoms with Crippen LogP contribution in [0.1, 0.15) is 24.8 Å². The second-order valence-electron chi connectivity index (χ2n) is 4.57. The van der Waals surface area contributed by atoms with Crippen molar-refractivity contribution in [3.8, 4) is 5.75 Å². The van der Waals surface area contributed by atoms with Crippen LogP contribution in [0.2, 0.25) is 0 Å². The van der Waals surface area contributed by atoms with Crippen LogP contribution in [0.25, 0.3) is 0 Å². The predicted octanol–water partition coefficient (Wildman–Crippen LogP) is 2.72. The SMILES string of the molecule is CN1CCCCOc2ccccc2CCC1. The van der Waals surface area contributed by atoms with Crippen molar-refractivity contribution >= 4 is 0 Å². The third-order valence-corrected chi connectivity index (χ3v) is 3.15. The molecule has 0 spiro atoms. The maximum absolute atomic E-state index is 5.84. The topological polar surface area (TPSA) is 12.5 Å². The van der Waals surface area contributed by atoms with Crippen molar-refractivity contribution in [1.82, 2.24) is 4.90 Å². The molecular weight excluding hydrogens is 198 g/mol. The smallest absolute Gasteiger partial charge is 0.122 e. The highest BCUT2D eigenvalue weighted by molar-refractivity contribution is 5.33. The van der Waals surface area contributed by atoms with E-state index in [1.807, 2.05) is 0 Å².